The molecule has 4 heteroatoms. The van der Waals surface area contributed by atoms with Crippen LogP contribution in [0, 0.1) is 11.3 Å². The average molecular weight is 283 g/mol. The summed E-state index contributed by atoms with van der Waals surface area (Å²) in [4.78, 5) is 0. The van der Waals surface area contributed by atoms with E-state index in [1.54, 1.807) is 30.3 Å². The van der Waals surface area contributed by atoms with Gasteiger partial charge in [0, 0.05) is 6.07 Å². The average Bonchev–Trinajstić information content (AvgIpc) is 2.55. The Bertz CT molecular complexity index is 644. The summed E-state index contributed by atoms with van der Waals surface area (Å²) in [5.41, 5.74) is 1.37. The van der Waals surface area contributed by atoms with E-state index in [2.05, 4.69) is 6.07 Å². The van der Waals surface area contributed by atoms with E-state index >= 15 is 0 Å². The Hall–Kier alpha value is -2.51. The highest BCUT2D eigenvalue weighted by Gasteiger charge is 2.08. The van der Waals surface area contributed by atoms with Crippen molar-refractivity contribution in [3.63, 3.8) is 0 Å². The van der Waals surface area contributed by atoms with Crippen molar-refractivity contribution in [2.45, 2.75) is 19.4 Å². The van der Waals surface area contributed by atoms with Crippen LogP contribution >= 0.6 is 0 Å². The largest absolute Gasteiger partial charge is 0.493 e. The monoisotopic (exact) mass is 283 g/mol. The van der Waals surface area contributed by atoms with Gasteiger partial charge in [0.1, 0.15) is 5.75 Å². The summed E-state index contributed by atoms with van der Waals surface area (Å²) in [7, 11) is 1.53. The van der Waals surface area contributed by atoms with Crippen LogP contribution in [0.2, 0.25) is 0 Å². The van der Waals surface area contributed by atoms with Gasteiger partial charge in [-0.2, -0.15) is 5.26 Å². The van der Waals surface area contributed by atoms with Gasteiger partial charge in [-0.15, -0.1) is 0 Å². The second-order valence-electron chi connectivity index (χ2n) is 4.57. The molecule has 0 saturated heterocycles. The van der Waals surface area contributed by atoms with Crippen molar-refractivity contribution < 1.29 is 14.6 Å². The molecule has 21 heavy (non-hydrogen) atoms. The van der Waals surface area contributed by atoms with Crippen molar-refractivity contribution in [1.29, 1.82) is 5.26 Å². The van der Waals surface area contributed by atoms with Crippen molar-refractivity contribution in [3.8, 4) is 23.3 Å². The minimum absolute atomic E-state index is 0.455. The molecular weight excluding hydrogens is 266 g/mol. The van der Waals surface area contributed by atoms with Gasteiger partial charge >= 0.3 is 0 Å². The molecule has 0 fully saturated rings. The van der Waals surface area contributed by atoms with Crippen LogP contribution in [0.15, 0.2) is 42.5 Å². The Morgan fingerprint density at radius 1 is 1.14 bits per heavy atom. The number of benzene rings is 2. The zero-order valence-corrected chi connectivity index (χ0v) is 12.0. The van der Waals surface area contributed by atoms with E-state index in [9.17, 15) is 5.11 Å². The van der Waals surface area contributed by atoms with E-state index < -0.39 is 6.10 Å². The maximum atomic E-state index is 9.76. The maximum absolute atomic E-state index is 9.76. The summed E-state index contributed by atoms with van der Waals surface area (Å²) in [6, 6.07) is 14.3. The molecule has 0 aromatic heterocycles. The molecule has 0 aliphatic rings. The number of nitrogens with zero attached hydrogens (tertiary/aromatic N) is 1. The number of hydrogen-bond donors (Lipinski definition) is 1. The van der Waals surface area contributed by atoms with Crippen LogP contribution in [0.5, 0.6) is 17.2 Å². The molecule has 2 aromatic rings. The third kappa shape index (κ3) is 3.53. The third-order valence-corrected chi connectivity index (χ3v) is 3.17. The van der Waals surface area contributed by atoms with Crippen LogP contribution < -0.4 is 9.47 Å². The molecule has 0 heterocycles. The zero-order chi connectivity index (χ0) is 15.2. The summed E-state index contributed by atoms with van der Waals surface area (Å²) in [5.74, 6) is 1.69. The Morgan fingerprint density at radius 2 is 1.86 bits per heavy atom. The molecular formula is C17H17NO3. The van der Waals surface area contributed by atoms with Crippen LogP contribution in [0.1, 0.15) is 30.6 Å². The lowest BCUT2D eigenvalue weighted by molar-refractivity contribution is 0.173. The highest BCUT2D eigenvalue weighted by atomic mass is 16.5. The molecule has 0 aliphatic heterocycles. The molecule has 0 spiro atoms. The fourth-order valence-electron chi connectivity index (χ4n) is 1.94. The number of hydrogen-bond acceptors (Lipinski definition) is 4. The standard InChI is InChI=1S/C17H17NO3/c1-3-15(19)13-5-7-14(8-6-13)21-16-9-4-12(11-18)10-17(16)20-2/h4-10,15,19H,3H2,1-2H3. The molecule has 4 nitrogen and oxygen atoms in total. The molecule has 0 saturated carbocycles. The zero-order valence-electron chi connectivity index (χ0n) is 12.0. The quantitative estimate of drug-likeness (QED) is 0.906. The minimum atomic E-state index is -0.455. The topological polar surface area (TPSA) is 62.5 Å². The molecule has 0 aliphatic carbocycles. The minimum Gasteiger partial charge on any atom is -0.493 e. The number of aliphatic hydroxyl groups is 1. The van der Waals surface area contributed by atoms with Gasteiger partial charge in [-0.05, 0) is 36.2 Å². The van der Waals surface area contributed by atoms with Gasteiger partial charge in [-0.1, -0.05) is 19.1 Å². The molecule has 2 rings (SSSR count). The van der Waals surface area contributed by atoms with E-state index in [1.807, 2.05) is 19.1 Å². The van der Waals surface area contributed by atoms with Crippen LogP contribution in [-0.4, -0.2) is 12.2 Å². The highest BCUT2D eigenvalue weighted by Crippen LogP contribution is 2.32. The van der Waals surface area contributed by atoms with Gasteiger partial charge < -0.3 is 14.6 Å². The van der Waals surface area contributed by atoms with Crippen LogP contribution in [0.4, 0.5) is 0 Å². The van der Waals surface area contributed by atoms with E-state index in [0.29, 0.717) is 29.2 Å². The van der Waals surface area contributed by atoms with Gasteiger partial charge in [0.15, 0.2) is 11.5 Å². The lowest BCUT2D eigenvalue weighted by Gasteiger charge is -2.12. The molecule has 2 aromatic carbocycles. The van der Waals surface area contributed by atoms with Crippen molar-refractivity contribution in [2.24, 2.45) is 0 Å². The lowest BCUT2D eigenvalue weighted by atomic mass is 10.1. The second kappa shape index (κ2) is 6.78. The molecule has 1 N–H and O–H groups in total. The van der Waals surface area contributed by atoms with Gasteiger partial charge in [0.2, 0.25) is 0 Å². The number of ether oxygens (including phenoxy) is 2. The van der Waals surface area contributed by atoms with Crippen molar-refractivity contribution in [3.05, 3.63) is 53.6 Å². The van der Waals surface area contributed by atoms with Crippen molar-refractivity contribution in [2.75, 3.05) is 7.11 Å². The first-order valence-electron chi connectivity index (χ1n) is 6.72. The third-order valence-electron chi connectivity index (χ3n) is 3.17. The number of nitriles is 1. The Morgan fingerprint density at radius 3 is 2.43 bits per heavy atom. The first-order chi connectivity index (χ1) is 10.2. The molecule has 0 bridgehead atoms. The number of rotatable bonds is 5. The number of aliphatic hydroxyl groups excluding tert-OH is 1. The smallest absolute Gasteiger partial charge is 0.169 e. The van der Waals surface area contributed by atoms with Gasteiger partial charge in [-0.25, -0.2) is 0 Å². The van der Waals surface area contributed by atoms with Crippen LogP contribution in [-0.2, 0) is 0 Å². The summed E-state index contributed by atoms with van der Waals surface area (Å²) in [6.07, 6.45) is 0.215. The maximum Gasteiger partial charge on any atom is 0.169 e. The fourth-order valence-corrected chi connectivity index (χ4v) is 1.94. The summed E-state index contributed by atoms with van der Waals surface area (Å²) in [5, 5.41) is 18.6. The molecule has 108 valence electrons. The Balaban J connectivity index is 2.20. The normalized spacial score (nSPS) is 11.5. The number of methoxy groups -OCH3 is 1. The first-order valence-corrected chi connectivity index (χ1v) is 6.72. The second-order valence-corrected chi connectivity index (χ2v) is 4.57. The Labute approximate surface area is 124 Å². The van der Waals surface area contributed by atoms with Gasteiger partial charge in [0.25, 0.3) is 0 Å². The summed E-state index contributed by atoms with van der Waals surface area (Å²) < 4.78 is 11.0. The fraction of sp³-hybridized carbons (Fsp3) is 0.235. The highest BCUT2D eigenvalue weighted by molar-refractivity contribution is 5.48. The van der Waals surface area contributed by atoms with Crippen LogP contribution in [0.25, 0.3) is 0 Å². The van der Waals surface area contributed by atoms with Gasteiger partial charge in [-0.3, -0.25) is 0 Å². The molecule has 1 atom stereocenters. The van der Waals surface area contributed by atoms with E-state index in [-0.39, 0.29) is 0 Å². The van der Waals surface area contributed by atoms with E-state index in [1.165, 1.54) is 7.11 Å². The summed E-state index contributed by atoms with van der Waals surface area (Å²) in [6.45, 7) is 1.93. The van der Waals surface area contributed by atoms with E-state index in [4.69, 9.17) is 14.7 Å². The van der Waals surface area contributed by atoms with E-state index in [0.717, 1.165) is 5.56 Å². The predicted molar refractivity (Wildman–Crippen MR) is 79.5 cm³/mol. The molecule has 0 radical (unpaired) electrons. The van der Waals surface area contributed by atoms with Crippen LogP contribution in [0.3, 0.4) is 0 Å². The van der Waals surface area contributed by atoms with Crippen molar-refractivity contribution in [1.82, 2.24) is 0 Å². The summed E-state index contributed by atoms with van der Waals surface area (Å²) >= 11 is 0. The van der Waals surface area contributed by atoms with Gasteiger partial charge in [0.05, 0.1) is 24.8 Å². The lowest BCUT2D eigenvalue weighted by Crippen LogP contribution is -1.95. The SMILES string of the molecule is CCC(O)c1ccc(Oc2ccc(C#N)cc2OC)cc1. The predicted octanol–water partition coefficient (Wildman–Crippen LogP) is 3.80. The first kappa shape index (κ1) is 14.9. The van der Waals surface area contributed by atoms with Crippen molar-refractivity contribution >= 4 is 0 Å². The molecule has 1 unspecified atom stereocenters. The molecule has 0 amide bonds. The Kier molecular flexibility index (Phi) is 4.81.